The maximum absolute atomic E-state index is 11.5. The van der Waals surface area contributed by atoms with Crippen LogP contribution in [0.15, 0.2) is 12.2 Å². The van der Waals surface area contributed by atoms with Crippen LogP contribution in [-0.2, 0) is 14.0 Å². The van der Waals surface area contributed by atoms with Crippen LogP contribution in [0.2, 0.25) is 18.1 Å². The van der Waals surface area contributed by atoms with Gasteiger partial charge in [-0.2, -0.15) is 0 Å². The quantitative estimate of drug-likeness (QED) is 0.240. The minimum atomic E-state index is -1.72. The minimum absolute atomic E-state index is 0.0859. The first-order valence-corrected chi connectivity index (χ1v) is 14.9. The number of rotatable bonds is 8. The predicted molar refractivity (Wildman–Crippen MR) is 124 cm³/mol. The van der Waals surface area contributed by atoms with E-state index in [4.69, 9.17) is 9.16 Å². The van der Waals surface area contributed by atoms with E-state index < -0.39 is 8.32 Å². The molecule has 0 spiro atoms. The Labute approximate surface area is 181 Å². The number of hydrogen-bond acceptors (Lipinski definition) is 3. The monoisotopic (exact) mass is 422 g/mol. The lowest BCUT2D eigenvalue weighted by molar-refractivity contribution is -0.143. The summed E-state index contributed by atoms with van der Waals surface area (Å²) in [4.78, 5) is 11.5. The molecule has 2 aliphatic carbocycles. The number of carbonyl (C=O) groups excluding carboxylic acids is 1. The van der Waals surface area contributed by atoms with Gasteiger partial charge >= 0.3 is 5.97 Å². The highest BCUT2D eigenvalue weighted by molar-refractivity contribution is 6.74. The van der Waals surface area contributed by atoms with Gasteiger partial charge in [0, 0.05) is 12.5 Å². The van der Waals surface area contributed by atoms with E-state index in [0.717, 1.165) is 30.1 Å². The Balaban J connectivity index is 1.99. The molecule has 0 radical (unpaired) electrons. The van der Waals surface area contributed by atoms with Crippen molar-refractivity contribution < 1.29 is 14.0 Å². The van der Waals surface area contributed by atoms with Gasteiger partial charge in [-0.3, -0.25) is 4.79 Å². The first-order chi connectivity index (χ1) is 13.5. The third-order valence-corrected chi connectivity index (χ3v) is 12.6. The second kappa shape index (κ2) is 10.1. The molecule has 0 aromatic heterocycles. The molecule has 0 saturated heterocycles. The Bertz CT molecular complexity index is 563. The fourth-order valence-electron chi connectivity index (χ4n) is 5.40. The van der Waals surface area contributed by atoms with Gasteiger partial charge in [0.1, 0.15) is 0 Å². The Morgan fingerprint density at radius 1 is 1.17 bits per heavy atom. The Morgan fingerprint density at radius 3 is 2.48 bits per heavy atom. The maximum atomic E-state index is 11.5. The van der Waals surface area contributed by atoms with Crippen molar-refractivity contribution in [3.8, 4) is 0 Å². The molecule has 0 amide bonds. The van der Waals surface area contributed by atoms with Crippen molar-refractivity contribution in [1.82, 2.24) is 0 Å². The highest BCUT2D eigenvalue weighted by atomic mass is 28.4. The second-order valence-electron chi connectivity index (χ2n) is 11.1. The fourth-order valence-corrected chi connectivity index (χ4v) is 6.80. The van der Waals surface area contributed by atoms with E-state index in [9.17, 15) is 4.79 Å². The molecule has 168 valence electrons. The Hall–Kier alpha value is -0.613. The summed E-state index contributed by atoms with van der Waals surface area (Å²) in [5.41, 5.74) is 0. The summed E-state index contributed by atoms with van der Waals surface area (Å²) in [6.45, 7) is 19.0. The average Bonchev–Trinajstić information content (AvgIpc) is 3.06. The lowest BCUT2D eigenvalue weighted by Crippen LogP contribution is -2.48. The fraction of sp³-hybridized carbons (Fsp3) is 0.880. The molecule has 29 heavy (non-hydrogen) atoms. The zero-order valence-corrected chi connectivity index (χ0v) is 21.3. The molecule has 2 rings (SSSR count). The van der Waals surface area contributed by atoms with Crippen molar-refractivity contribution >= 4 is 14.3 Å². The standard InChI is InChI=1S/C25H46O3Si/c1-9-27-23(26)13-11-10-12-18(2)20-15-16-21-22(17-14-19(3)24(20)21)28-29(7,8)25(4,5)6/h10,12,18-22,24H,9,11,13-17H2,1-8H3/b12-10+/t18-,19?,20-,21+,22?,24-/m1/s1. The van der Waals surface area contributed by atoms with Crippen molar-refractivity contribution in [3.05, 3.63) is 12.2 Å². The average molecular weight is 423 g/mol. The summed E-state index contributed by atoms with van der Waals surface area (Å²) in [6.07, 6.45) is 11.5. The van der Waals surface area contributed by atoms with Gasteiger partial charge in [-0.05, 0) is 86.7 Å². The summed E-state index contributed by atoms with van der Waals surface area (Å²) < 4.78 is 12.0. The number of fused-ring (bicyclic) bond motifs is 1. The van der Waals surface area contributed by atoms with Gasteiger partial charge in [0.05, 0.1) is 6.61 Å². The van der Waals surface area contributed by atoms with Gasteiger partial charge in [-0.25, -0.2) is 0 Å². The molecule has 3 nitrogen and oxygen atoms in total. The van der Waals surface area contributed by atoms with Gasteiger partial charge in [0.25, 0.3) is 0 Å². The second-order valence-corrected chi connectivity index (χ2v) is 15.8. The zero-order valence-electron chi connectivity index (χ0n) is 20.3. The molecule has 0 bridgehead atoms. The molecule has 0 aliphatic heterocycles. The molecule has 0 aromatic rings. The molecule has 2 aliphatic rings. The van der Waals surface area contributed by atoms with Crippen molar-refractivity contribution in [3.63, 3.8) is 0 Å². The van der Waals surface area contributed by atoms with Crippen LogP contribution in [-0.4, -0.2) is 27.0 Å². The van der Waals surface area contributed by atoms with Gasteiger partial charge in [0.15, 0.2) is 8.32 Å². The van der Waals surface area contributed by atoms with E-state index >= 15 is 0 Å². The topological polar surface area (TPSA) is 35.5 Å². The Morgan fingerprint density at radius 2 is 1.86 bits per heavy atom. The molecule has 0 heterocycles. The molecule has 2 saturated carbocycles. The van der Waals surface area contributed by atoms with Crippen LogP contribution in [0, 0.1) is 29.6 Å². The van der Waals surface area contributed by atoms with E-state index in [1.54, 1.807) is 0 Å². The van der Waals surface area contributed by atoms with Crippen LogP contribution in [0.4, 0.5) is 0 Å². The van der Waals surface area contributed by atoms with Gasteiger partial charge in [-0.1, -0.05) is 46.8 Å². The predicted octanol–water partition coefficient (Wildman–Crippen LogP) is 6.98. The Kier molecular flexibility index (Phi) is 8.61. The lowest BCUT2D eigenvalue weighted by Gasteiger charge is -2.46. The first kappa shape index (κ1) is 24.7. The highest BCUT2D eigenvalue weighted by Crippen LogP contribution is 2.53. The summed E-state index contributed by atoms with van der Waals surface area (Å²) in [6, 6.07) is 0. The normalized spacial score (nSPS) is 31.7. The van der Waals surface area contributed by atoms with Crippen LogP contribution in [0.5, 0.6) is 0 Å². The van der Waals surface area contributed by atoms with Gasteiger partial charge in [0.2, 0.25) is 0 Å². The van der Waals surface area contributed by atoms with Crippen LogP contribution in [0.3, 0.4) is 0 Å². The van der Waals surface area contributed by atoms with Crippen LogP contribution in [0.1, 0.15) is 80.1 Å². The van der Waals surface area contributed by atoms with Crippen molar-refractivity contribution in [1.29, 1.82) is 0 Å². The van der Waals surface area contributed by atoms with Crippen LogP contribution < -0.4 is 0 Å². The van der Waals surface area contributed by atoms with Crippen LogP contribution in [0.25, 0.3) is 0 Å². The first-order valence-electron chi connectivity index (χ1n) is 12.0. The highest BCUT2D eigenvalue weighted by Gasteiger charge is 2.49. The number of carbonyl (C=O) groups is 1. The van der Waals surface area contributed by atoms with E-state index in [1.807, 2.05) is 6.92 Å². The third kappa shape index (κ3) is 6.19. The largest absolute Gasteiger partial charge is 0.466 e. The smallest absolute Gasteiger partial charge is 0.306 e. The van der Waals surface area contributed by atoms with E-state index in [0.29, 0.717) is 25.0 Å². The summed E-state index contributed by atoms with van der Waals surface area (Å²) >= 11 is 0. The molecule has 6 atom stereocenters. The molecule has 0 N–H and O–H groups in total. The van der Waals surface area contributed by atoms with E-state index in [2.05, 4.69) is 59.9 Å². The lowest BCUT2D eigenvalue weighted by atomic mass is 9.67. The molecule has 2 fully saturated rings. The summed E-state index contributed by atoms with van der Waals surface area (Å²) in [7, 11) is -1.72. The molecule has 0 aromatic carbocycles. The number of ether oxygens (including phenoxy) is 1. The van der Waals surface area contributed by atoms with E-state index in [1.165, 1.54) is 25.7 Å². The summed E-state index contributed by atoms with van der Waals surface area (Å²) in [5, 5.41) is 0.276. The van der Waals surface area contributed by atoms with Crippen molar-refractivity contribution in [2.75, 3.05) is 6.61 Å². The summed E-state index contributed by atoms with van der Waals surface area (Å²) in [5.74, 6) is 3.54. The SMILES string of the molecule is CCOC(=O)CC/C=C/[C@@H](C)[C@H]1CC[C@H]2C(O[Si](C)(C)C(C)(C)C)CCC(C)[C@H]12. The number of hydrogen-bond donors (Lipinski definition) is 0. The number of allylic oxidation sites excluding steroid dienone is 2. The van der Waals surface area contributed by atoms with Crippen molar-refractivity contribution in [2.45, 2.75) is 104 Å². The van der Waals surface area contributed by atoms with Crippen molar-refractivity contribution in [2.24, 2.45) is 29.6 Å². The molecular formula is C25H46O3Si. The minimum Gasteiger partial charge on any atom is -0.466 e. The molecule has 4 heteroatoms. The molecule has 2 unspecified atom stereocenters. The maximum Gasteiger partial charge on any atom is 0.306 e. The molecular weight excluding hydrogens is 376 g/mol. The van der Waals surface area contributed by atoms with Gasteiger partial charge < -0.3 is 9.16 Å². The van der Waals surface area contributed by atoms with Gasteiger partial charge in [-0.15, -0.1) is 0 Å². The number of esters is 1. The zero-order chi connectivity index (χ0) is 21.8. The third-order valence-electron chi connectivity index (χ3n) is 8.05. The van der Waals surface area contributed by atoms with E-state index in [-0.39, 0.29) is 11.0 Å². The van der Waals surface area contributed by atoms with Crippen LogP contribution >= 0.6 is 0 Å².